The van der Waals surface area contributed by atoms with Crippen molar-refractivity contribution in [3.63, 3.8) is 0 Å². The van der Waals surface area contributed by atoms with Gasteiger partial charge in [0.25, 0.3) is 5.91 Å². The molecular weight excluding hydrogens is 370 g/mol. The van der Waals surface area contributed by atoms with Gasteiger partial charge in [0.2, 0.25) is 0 Å². The molecule has 90 valence electrons. The van der Waals surface area contributed by atoms with Crippen LogP contribution in [0.5, 0.6) is 0 Å². The quantitative estimate of drug-likeness (QED) is 0.890. The van der Waals surface area contributed by atoms with E-state index in [4.69, 9.17) is 0 Å². The van der Waals surface area contributed by atoms with Gasteiger partial charge < -0.3 is 4.90 Å². The lowest BCUT2D eigenvalue weighted by Crippen LogP contribution is -2.25. The van der Waals surface area contributed by atoms with Gasteiger partial charge in [0, 0.05) is 29.8 Å². The van der Waals surface area contributed by atoms with E-state index in [2.05, 4.69) is 42.1 Å². The highest BCUT2D eigenvalue weighted by molar-refractivity contribution is 9.13. The van der Waals surface area contributed by atoms with Gasteiger partial charge in [-0.05, 0) is 37.9 Å². The first kappa shape index (κ1) is 12.8. The lowest BCUT2D eigenvalue weighted by atomic mass is 10.3. The van der Waals surface area contributed by atoms with E-state index in [9.17, 15) is 4.79 Å². The van der Waals surface area contributed by atoms with Crippen LogP contribution < -0.4 is 0 Å². The standard InChI is InChI=1S/C10H9Br2N3OS/c1-15(5-6-3-13-14-4-6)10(16)8-2-7(11)9(12)17-8/h2-4H,5H2,1H3,(H,13,14). The summed E-state index contributed by atoms with van der Waals surface area (Å²) in [6.45, 7) is 0.544. The third-order valence-electron chi connectivity index (χ3n) is 2.18. The van der Waals surface area contributed by atoms with E-state index in [1.165, 1.54) is 11.3 Å². The fraction of sp³-hybridized carbons (Fsp3) is 0.200. The van der Waals surface area contributed by atoms with Gasteiger partial charge in [-0.2, -0.15) is 5.10 Å². The van der Waals surface area contributed by atoms with E-state index in [1.807, 2.05) is 6.07 Å². The van der Waals surface area contributed by atoms with Crippen molar-refractivity contribution >= 4 is 49.1 Å². The molecule has 1 amide bonds. The first-order valence-corrected chi connectivity index (χ1v) is 7.16. The summed E-state index contributed by atoms with van der Waals surface area (Å²) in [7, 11) is 1.77. The average Bonchev–Trinajstić information content (AvgIpc) is 2.89. The molecule has 0 bridgehead atoms. The Morgan fingerprint density at radius 3 is 2.88 bits per heavy atom. The van der Waals surface area contributed by atoms with E-state index >= 15 is 0 Å². The van der Waals surface area contributed by atoms with E-state index in [0.717, 1.165) is 13.8 Å². The summed E-state index contributed by atoms with van der Waals surface area (Å²) >= 11 is 8.17. The molecule has 0 unspecified atom stereocenters. The number of aromatic nitrogens is 2. The number of carbonyl (C=O) groups excluding carboxylic acids is 1. The molecule has 2 aromatic rings. The Labute approximate surface area is 119 Å². The molecule has 0 saturated carbocycles. The van der Waals surface area contributed by atoms with Gasteiger partial charge >= 0.3 is 0 Å². The zero-order valence-corrected chi connectivity index (χ0v) is 12.9. The lowest BCUT2D eigenvalue weighted by Gasteiger charge is -2.14. The molecule has 2 aromatic heterocycles. The van der Waals surface area contributed by atoms with E-state index in [1.54, 1.807) is 24.3 Å². The molecule has 0 spiro atoms. The Hall–Kier alpha value is -0.660. The fourth-order valence-electron chi connectivity index (χ4n) is 1.35. The number of aromatic amines is 1. The second kappa shape index (κ2) is 5.32. The molecule has 0 aliphatic heterocycles. The monoisotopic (exact) mass is 377 g/mol. The molecule has 0 aliphatic rings. The molecule has 0 atom stereocenters. The molecule has 1 N–H and O–H groups in total. The number of hydrogen-bond acceptors (Lipinski definition) is 3. The molecule has 2 heterocycles. The van der Waals surface area contributed by atoms with Crippen LogP contribution in [0.3, 0.4) is 0 Å². The second-order valence-corrected chi connectivity index (χ2v) is 6.72. The number of nitrogens with one attached hydrogen (secondary N) is 1. The van der Waals surface area contributed by atoms with Crippen molar-refractivity contribution in [3.8, 4) is 0 Å². The van der Waals surface area contributed by atoms with Gasteiger partial charge in [-0.3, -0.25) is 9.89 Å². The third-order valence-corrected chi connectivity index (χ3v) is 5.42. The van der Waals surface area contributed by atoms with Crippen molar-refractivity contribution in [1.82, 2.24) is 15.1 Å². The van der Waals surface area contributed by atoms with Gasteiger partial charge in [0.05, 0.1) is 14.9 Å². The van der Waals surface area contributed by atoms with E-state index in [0.29, 0.717) is 11.4 Å². The smallest absolute Gasteiger partial charge is 0.264 e. The fourth-order valence-corrected chi connectivity index (χ4v) is 3.38. The van der Waals surface area contributed by atoms with Crippen LogP contribution >= 0.6 is 43.2 Å². The Morgan fingerprint density at radius 2 is 2.35 bits per heavy atom. The van der Waals surface area contributed by atoms with Crippen LogP contribution in [0.25, 0.3) is 0 Å². The number of carbonyl (C=O) groups is 1. The van der Waals surface area contributed by atoms with Crippen molar-refractivity contribution in [2.45, 2.75) is 6.54 Å². The summed E-state index contributed by atoms with van der Waals surface area (Å²) in [4.78, 5) is 14.5. The molecule has 7 heteroatoms. The number of rotatable bonds is 3. The maximum absolute atomic E-state index is 12.1. The summed E-state index contributed by atoms with van der Waals surface area (Å²) in [5, 5.41) is 6.58. The molecule has 4 nitrogen and oxygen atoms in total. The summed E-state index contributed by atoms with van der Waals surface area (Å²) in [6, 6.07) is 1.82. The van der Waals surface area contributed by atoms with Gasteiger partial charge in [-0.1, -0.05) is 0 Å². The van der Waals surface area contributed by atoms with E-state index in [-0.39, 0.29) is 5.91 Å². The minimum absolute atomic E-state index is 0.00241. The van der Waals surface area contributed by atoms with Gasteiger partial charge in [-0.15, -0.1) is 11.3 Å². The maximum Gasteiger partial charge on any atom is 0.264 e. The van der Waals surface area contributed by atoms with Crippen LogP contribution in [-0.2, 0) is 6.54 Å². The van der Waals surface area contributed by atoms with Gasteiger partial charge in [0.1, 0.15) is 0 Å². The predicted molar refractivity (Wildman–Crippen MR) is 74.1 cm³/mol. The van der Waals surface area contributed by atoms with Gasteiger partial charge in [-0.25, -0.2) is 0 Å². The third kappa shape index (κ3) is 2.97. The lowest BCUT2D eigenvalue weighted by molar-refractivity contribution is 0.0790. The second-order valence-electron chi connectivity index (χ2n) is 3.50. The Balaban J connectivity index is 2.09. The largest absolute Gasteiger partial charge is 0.337 e. The minimum Gasteiger partial charge on any atom is -0.337 e. The van der Waals surface area contributed by atoms with Crippen molar-refractivity contribution in [3.05, 3.63) is 37.2 Å². The molecule has 2 rings (SSSR count). The van der Waals surface area contributed by atoms with Crippen molar-refractivity contribution < 1.29 is 4.79 Å². The molecular formula is C10H9Br2N3OS. The Kier molecular flexibility index (Phi) is 4.01. The first-order chi connectivity index (χ1) is 8.08. The summed E-state index contributed by atoms with van der Waals surface area (Å²) in [6.07, 6.45) is 3.49. The van der Waals surface area contributed by atoms with Crippen LogP contribution in [0, 0.1) is 0 Å². The zero-order chi connectivity index (χ0) is 12.4. The van der Waals surface area contributed by atoms with Crippen molar-refractivity contribution in [1.29, 1.82) is 0 Å². The maximum atomic E-state index is 12.1. The Bertz CT molecular complexity index is 504. The number of thiophene rings is 1. The molecule has 0 aromatic carbocycles. The summed E-state index contributed by atoms with van der Waals surface area (Å²) < 4.78 is 1.83. The van der Waals surface area contributed by atoms with Crippen LogP contribution in [0.15, 0.2) is 26.7 Å². The summed E-state index contributed by atoms with van der Waals surface area (Å²) in [5.41, 5.74) is 0.982. The van der Waals surface area contributed by atoms with E-state index < -0.39 is 0 Å². The number of amides is 1. The Morgan fingerprint density at radius 1 is 1.59 bits per heavy atom. The SMILES string of the molecule is CN(Cc1cn[nH]c1)C(=O)c1cc(Br)c(Br)s1. The highest BCUT2D eigenvalue weighted by atomic mass is 79.9. The van der Waals surface area contributed by atoms with Crippen LogP contribution in [-0.4, -0.2) is 28.1 Å². The van der Waals surface area contributed by atoms with Crippen molar-refractivity contribution in [2.75, 3.05) is 7.05 Å². The van der Waals surface area contributed by atoms with Crippen LogP contribution in [0.4, 0.5) is 0 Å². The number of H-pyrrole nitrogens is 1. The highest BCUT2D eigenvalue weighted by Gasteiger charge is 2.16. The van der Waals surface area contributed by atoms with Crippen molar-refractivity contribution in [2.24, 2.45) is 0 Å². The molecule has 0 radical (unpaired) electrons. The minimum atomic E-state index is 0.00241. The zero-order valence-electron chi connectivity index (χ0n) is 8.91. The molecule has 0 fully saturated rings. The van der Waals surface area contributed by atoms with Gasteiger partial charge in [0.15, 0.2) is 0 Å². The average molecular weight is 379 g/mol. The number of halogens is 2. The normalized spacial score (nSPS) is 10.5. The van der Waals surface area contributed by atoms with Crippen LogP contribution in [0.1, 0.15) is 15.2 Å². The molecule has 0 saturated heterocycles. The predicted octanol–water partition coefficient (Wildman–Crippen LogP) is 3.27. The molecule has 0 aliphatic carbocycles. The van der Waals surface area contributed by atoms with Crippen LogP contribution in [0.2, 0.25) is 0 Å². The number of hydrogen-bond donors (Lipinski definition) is 1. The topological polar surface area (TPSA) is 49.0 Å². The molecule has 17 heavy (non-hydrogen) atoms. The number of nitrogens with zero attached hydrogens (tertiary/aromatic N) is 2. The summed E-state index contributed by atoms with van der Waals surface area (Å²) in [5.74, 6) is 0.00241. The first-order valence-electron chi connectivity index (χ1n) is 4.76. The highest BCUT2D eigenvalue weighted by Crippen LogP contribution is 2.32.